The molecule has 112 valence electrons. The Hall–Kier alpha value is -1.96. The van der Waals surface area contributed by atoms with Crippen molar-refractivity contribution in [2.45, 2.75) is 6.54 Å². The molecule has 0 aliphatic carbocycles. The summed E-state index contributed by atoms with van der Waals surface area (Å²) in [6, 6.07) is 5.04. The van der Waals surface area contributed by atoms with Crippen molar-refractivity contribution in [1.29, 1.82) is 0 Å². The van der Waals surface area contributed by atoms with Gasteiger partial charge >= 0.3 is 0 Å². The van der Waals surface area contributed by atoms with Crippen LogP contribution in [0.1, 0.15) is 15.4 Å². The summed E-state index contributed by atoms with van der Waals surface area (Å²) >= 11 is 12.3. The van der Waals surface area contributed by atoms with Crippen LogP contribution in [0.25, 0.3) is 5.65 Å². The number of Topliss-reactive ketones (excluding diaryl/α,β-unsaturated/α-hetero) is 1. The van der Waals surface area contributed by atoms with Crippen molar-refractivity contribution in [3.05, 3.63) is 45.6 Å². The van der Waals surface area contributed by atoms with Crippen LogP contribution in [-0.2, 0) is 11.3 Å². The third-order valence-electron chi connectivity index (χ3n) is 3.04. The molecule has 0 radical (unpaired) electrons. The standard InChI is InChI=1S/C13H7Cl2N3O3S/c14-11(20)10(19)9-12(21)17-4-2-1-3-8(17)18(9)6-7-5-16-13(15)22-7/h1-5H,6H2. The third-order valence-corrected chi connectivity index (χ3v) is 4.31. The van der Waals surface area contributed by atoms with Crippen molar-refractivity contribution < 1.29 is 19.1 Å². The summed E-state index contributed by atoms with van der Waals surface area (Å²) < 4.78 is 3.08. The fourth-order valence-electron chi connectivity index (χ4n) is 2.16. The molecule has 6 nitrogen and oxygen atoms in total. The lowest BCUT2D eigenvalue weighted by molar-refractivity contribution is -0.582. The fraction of sp³-hybridized carbons (Fsp3) is 0.0769. The van der Waals surface area contributed by atoms with E-state index >= 15 is 0 Å². The lowest BCUT2D eigenvalue weighted by Crippen LogP contribution is -2.24. The Kier molecular flexibility index (Phi) is 3.86. The monoisotopic (exact) mass is 355 g/mol. The highest BCUT2D eigenvalue weighted by molar-refractivity contribution is 7.15. The van der Waals surface area contributed by atoms with Crippen LogP contribution in [0.4, 0.5) is 0 Å². The molecule has 0 fully saturated rings. The van der Waals surface area contributed by atoms with E-state index in [2.05, 4.69) is 4.98 Å². The fourth-order valence-corrected chi connectivity index (χ4v) is 3.21. The molecule has 3 heterocycles. The van der Waals surface area contributed by atoms with Crippen LogP contribution in [-0.4, -0.2) is 20.6 Å². The van der Waals surface area contributed by atoms with E-state index in [-0.39, 0.29) is 12.2 Å². The minimum absolute atomic E-state index is 0.186. The molecule has 0 spiro atoms. The average molecular weight is 356 g/mol. The van der Waals surface area contributed by atoms with Gasteiger partial charge < -0.3 is 5.11 Å². The van der Waals surface area contributed by atoms with Gasteiger partial charge in [-0.15, -0.1) is 11.3 Å². The number of rotatable bonds is 4. The molecule has 0 aromatic carbocycles. The minimum Gasteiger partial charge on any atom is -0.839 e. The maximum atomic E-state index is 12.4. The van der Waals surface area contributed by atoms with Gasteiger partial charge in [0.2, 0.25) is 5.69 Å². The number of carbonyl (C=O) groups is 2. The first-order valence-corrected chi connectivity index (χ1v) is 7.60. The Morgan fingerprint density at radius 1 is 1.41 bits per heavy atom. The van der Waals surface area contributed by atoms with E-state index in [1.165, 1.54) is 26.5 Å². The van der Waals surface area contributed by atoms with Crippen molar-refractivity contribution in [3.63, 3.8) is 0 Å². The molecular weight excluding hydrogens is 349 g/mol. The van der Waals surface area contributed by atoms with Crippen LogP contribution in [0.3, 0.4) is 0 Å². The molecule has 22 heavy (non-hydrogen) atoms. The van der Waals surface area contributed by atoms with Crippen molar-refractivity contribution >= 4 is 51.2 Å². The van der Waals surface area contributed by atoms with Crippen LogP contribution < -0.4 is 9.51 Å². The van der Waals surface area contributed by atoms with E-state index < -0.39 is 16.9 Å². The number of thiazole rings is 1. The molecule has 0 bridgehead atoms. The summed E-state index contributed by atoms with van der Waals surface area (Å²) in [5.74, 6) is -1.63. The van der Waals surface area contributed by atoms with Crippen LogP contribution in [0.2, 0.25) is 4.47 Å². The number of aromatic nitrogens is 3. The molecule has 0 N–H and O–H groups in total. The molecule has 0 saturated carbocycles. The van der Waals surface area contributed by atoms with Crippen LogP contribution >= 0.6 is 34.5 Å². The lowest BCUT2D eigenvalue weighted by atomic mass is 10.3. The molecule has 9 heteroatoms. The van der Waals surface area contributed by atoms with Crippen LogP contribution in [0.15, 0.2) is 30.6 Å². The molecule has 3 aromatic rings. The first kappa shape index (κ1) is 15.0. The predicted molar refractivity (Wildman–Crippen MR) is 78.5 cm³/mol. The average Bonchev–Trinajstić information content (AvgIpc) is 3.02. The normalized spacial score (nSPS) is 11.0. The summed E-state index contributed by atoms with van der Waals surface area (Å²) in [5, 5.41) is 11.2. The summed E-state index contributed by atoms with van der Waals surface area (Å²) in [6.45, 7) is 0.186. The topological polar surface area (TPSA) is 79.1 Å². The van der Waals surface area contributed by atoms with Crippen molar-refractivity contribution in [2.75, 3.05) is 0 Å². The van der Waals surface area contributed by atoms with Gasteiger partial charge in [-0.25, -0.2) is 14.0 Å². The zero-order valence-corrected chi connectivity index (χ0v) is 13.2. The Morgan fingerprint density at radius 2 is 2.18 bits per heavy atom. The minimum atomic E-state index is -1.20. The molecule has 0 amide bonds. The Bertz CT molecular complexity index is 903. The maximum absolute atomic E-state index is 12.4. The molecule has 3 aromatic heterocycles. The summed E-state index contributed by atoms with van der Waals surface area (Å²) in [4.78, 5) is 27.9. The number of halogens is 2. The maximum Gasteiger partial charge on any atom is 0.297 e. The van der Waals surface area contributed by atoms with Gasteiger partial charge in [0, 0.05) is 12.3 Å². The zero-order chi connectivity index (χ0) is 15.9. The van der Waals surface area contributed by atoms with Gasteiger partial charge in [-0.05, 0) is 17.7 Å². The number of fused-ring (bicyclic) bond motifs is 1. The summed E-state index contributed by atoms with van der Waals surface area (Å²) in [6.07, 6.45) is 3.07. The number of pyridine rings is 1. The van der Waals surface area contributed by atoms with Gasteiger partial charge in [0.05, 0.1) is 11.1 Å². The largest absolute Gasteiger partial charge is 0.839 e. The highest BCUT2D eigenvalue weighted by Gasteiger charge is 2.29. The number of hydrogen-bond acceptors (Lipinski definition) is 5. The Morgan fingerprint density at radius 3 is 2.82 bits per heavy atom. The lowest BCUT2D eigenvalue weighted by Gasteiger charge is -2.01. The van der Waals surface area contributed by atoms with Gasteiger partial charge in [-0.1, -0.05) is 17.7 Å². The quantitative estimate of drug-likeness (QED) is 0.306. The number of carbonyl (C=O) groups excluding carboxylic acids is 2. The van der Waals surface area contributed by atoms with E-state index in [9.17, 15) is 14.7 Å². The number of imidazole rings is 1. The second kappa shape index (κ2) is 5.68. The molecule has 0 aliphatic heterocycles. The number of ketones is 1. The first-order valence-electron chi connectivity index (χ1n) is 6.03. The van der Waals surface area contributed by atoms with Gasteiger partial charge in [0.25, 0.3) is 16.7 Å². The Balaban J connectivity index is 2.23. The van der Waals surface area contributed by atoms with E-state index in [4.69, 9.17) is 23.2 Å². The van der Waals surface area contributed by atoms with Crippen LogP contribution in [0, 0.1) is 0 Å². The highest BCUT2D eigenvalue weighted by Crippen LogP contribution is 2.23. The third kappa shape index (κ3) is 2.47. The smallest absolute Gasteiger partial charge is 0.297 e. The zero-order valence-electron chi connectivity index (χ0n) is 10.8. The van der Waals surface area contributed by atoms with E-state index in [0.717, 1.165) is 4.88 Å². The Labute approximate surface area is 138 Å². The number of hydrogen-bond donors (Lipinski definition) is 0. The summed E-state index contributed by atoms with van der Waals surface area (Å²) in [7, 11) is 0. The van der Waals surface area contributed by atoms with E-state index in [1.54, 1.807) is 24.4 Å². The van der Waals surface area contributed by atoms with Gasteiger partial charge in [-0.2, -0.15) is 0 Å². The van der Waals surface area contributed by atoms with Gasteiger partial charge in [0.15, 0.2) is 4.47 Å². The van der Waals surface area contributed by atoms with Crippen LogP contribution in [0.5, 0.6) is 5.88 Å². The highest BCUT2D eigenvalue weighted by atomic mass is 35.5. The second-order valence-corrected chi connectivity index (χ2v) is 6.39. The molecular formula is C13H7Cl2N3O3S. The predicted octanol–water partition coefficient (Wildman–Crippen LogP) is 1.41. The molecule has 3 rings (SSSR count). The summed E-state index contributed by atoms with van der Waals surface area (Å²) in [5.41, 5.74) is 0.189. The first-order chi connectivity index (χ1) is 10.5. The second-order valence-electron chi connectivity index (χ2n) is 4.35. The SMILES string of the molecule is O=C(Cl)C(=O)c1c([O-])[n+]2ccccc2n1Cc1cnc(Cl)s1. The van der Waals surface area contributed by atoms with Crippen molar-refractivity contribution in [3.8, 4) is 5.88 Å². The van der Waals surface area contributed by atoms with E-state index in [0.29, 0.717) is 10.1 Å². The van der Waals surface area contributed by atoms with Gasteiger partial charge in [0.1, 0.15) is 12.4 Å². The van der Waals surface area contributed by atoms with Crippen molar-refractivity contribution in [1.82, 2.24) is 9.55 Å². The molecule has 0 aliphatic rings. The van der Waals surface area contributed by atoms with E-state index in [1.807, 2.05) is 0 Å². The van der Waals surface area contributed by atoms with Gasteiger partial charge in [-0.3, -0.25) is 9.59 Å². The molecule has 0 atom stereocenters. The number of nitrogens with zero attached hydrogens (tertiary/aromatic N) is 3. The van der Waals surface area contributed by atoms with Crippen molar-refractivity contribution in [2.24, 2.45) is 0 Å². The molecule has 0 unspecified atom stereocenters. The molecule has 0 saturated heterocycles.